The molecule has 2 aromatic carbocycles. The molecule has 0 amide bonds. The summed E-state index contributed by atoms with van der Waals surface area (Å²) in [5, 5.41) is 11.0. The van der Waals surface area contributed by atoms with Gasteiger partial charge in [0, 0.05) is 17.0 Å². The van der Waals surface area contributed by atoms with E-state index in [1.54, 1.807) is 6.07 Å². The van der Waals surface area contributed by atoms with Crippen molar-refractivity contribution in [2.75, 3.05) is 6.61 Å². The molecule has 0 fully saturated rings. The zero-order valence-electron chi connectivity index (χ0n) is 10.4. The summed E-state index contributed by atoms with van der Waals surface area (Å²) < 4.78 is 18.7. The van der Waals surface area contributed by atoms with Crippen LogP contribution in [-0.4, -0.2) is 11.7 Å². The zero-order valence-corrected chi connectivity index (χ0v) is 11.9. The minimum absolute atomic E-state index is 0.0267. The first-order valence-corrected chi connectivity index (χ1v) is 6.90. The number of hydrogen-bond donors (Lipinski definition) is 1. The number of benzene rings is 2. The second-order valence-corrected chi connectivity index (χ2v) is 5.50. The normalized spacial score (nSPS) is 14.8. The highest BCUT2D eigenvalue weighted by Gasteiger charge is 2.23. The Bertz CT molecular complexity index is 673. The Kier molecular flexibility index (Phi) is 3.59. The Morgan fingerprint density at radius 1 is 1.20 bits per heavy atom. The molecule has 1 heterocycles. The van der Waals surface area contributed by atoms with Crippen molar-refractivity contribution in [1.29, 1.82) is 0 Å². The highest BCUT2D eigenvalue weighted by molar-refractivity contribution is 6.31. The molecule has 1 N–H and O–H groups in total. The number of ether oxygens (including phenoxy) is 1. The van der Waals surface area contributed by atoms with Crippen LogP contribution in [0.25, 0.3) is 0 Å². The molecule has 0 aliphatic carbocycles. The van der Waals surface area contributed by atoms with Gasteiger partial charge in [-0.3, -0.25) is 0 Å². The summed E-state index contributed by atoms with van der Waals surface area (Å²) in [7, 11) is 0. The molecule has 1 unspecified atom stereocenters. The largest absolute Gasteiger partial charge is 0.493 e. The molecule has 3 rings (SSSR count). The lowest BCUT2D eigenvalue weighted by molar-refractivity contribution is 0.213. The Hall–Kier alpha value is -1.29. The van der Waals surface area contributed by atoms with Gasteiger partial charge in [0.25, 0.3) is 0 Å². The molecule has 0 saturated carbocycles. The van der Waals surface area contributed by atoms with Crippen molar-refractivity contribution in [3.8, 4) is 5.75 Å². The molecule has 5 heteroatoms. The van der Waals surface area contributed by atoms with Gasteiger partial charge in [-0.2, -0.15) is 0 Å². The number of halogens is 3. The third kappa shape index (κ3) is 2.37. The van der Waals surface area contributed by atoms with Crippen LogP contribution in [0.2, 0.25) is 10.0 Å². The van der Waals surface area contributed by atoms with Crippen molar-refractivity contribution < 1.29 is 14.2 Å². The maximum atomic E-state index is 13.2. The summed E-state index contributed by atoms with van der Waals surface area (Å²) in [6.07, 6.45) is -0.196. The van der Waals surface area contributed by atoms with E-state index in [2.05, 4.69) is 0 Å². The molecule has 104 valence electrons. The molecule has 0 radical (unpaired) electrons. The van der Waals surface area contributed by atoms with Gasteiger partial charge in [-0.15, -0.1) is 0 Å². The van der Waals surface area contributed by atoms with Crippen LogP contribution in [0.4, 0.5) is 4.39 Å². The van der Waals surface area contributed by atoms with Crippen molar-refractivity contribution in [2.24, 2.45) is 0 Å². The first-order chi connectivity index (χ1) is 9.56. The van der Waals surface area contributed by atoms with Gasteiger partial charge in [-0.05, 0) is 35.4 Å². The van der Waals surface area contributed by atoms with Crippen LogP contribution in [0.5, 0.6) is 5.75 Å². The lowest BCUT2D eigenvalue weighted by atomic mass is 9.98. The lowest BCUT2D eigenvalue weighted by Crippen LogP contribution is -2.03. The van der Waals surface area contributed by atoms with Crippen LogP contribution < -0.4 is 4.74 Å². The van der Waals surface area contributed by atoms with Gasteiger partial charge < -0.3 is 9.84 Å². The van der Waals surface area contributed by atoms with Crippen molar-refractivity contribution in [1.82, 2.24) is 0 Å². The molecule has 0 bridgehead atoms. The van der Waals surface area contributed by atoms with Gasteiger partial charge in [-0.25, -0.2) is 4.39 Å². The van der Waals surface area contributed by atoms with E-state index in [0.29, 0.717) is 28.5 Å². The van der Waals surface area contributed by atoms with Crippen LogP contribution in [0.1, 0.15) is 22.8 Å². The first kappa shape index (κ1) is 13.7. The third-order valence-electron chi connectivity index (χ3n) is 3.33. The maximum Gasteiger partial charge on any atom is 0.141 e. The predicted octanol–water partition coefficient (Wildman–Crippen LogP) is 4.15. The Labute approximate surface area is 125 Å². The topological polar surface area (TPSA) is 29.5 Å². The minimum Gasteiger partial charge on any atom is -0.493 e. The fraction of sp³-hybridized carbons (Fsp3) is 0.200. The zero-order chi connectivity index (χ0) is 14.3. The molecule has 1 atom stereocenters. The van der Waals surface area contributed by atoms with Crippen molar-refractivity contribution in [3.63, 3.8) is 0 Å². The van der Waals surface area contributed by atoms with E-state index >= 15 is 0 Å². The van der Waals surface area contributed by atoms with Crippen molar-refractivity contribution in [2.45, 2.75) is 12.5 Å². The Morgan fingerprint density at radius 3 is 2.75 bits per heavy atom. The van der Waals surface area contributed by atoms with Crippen molar-refractivity contribution >= 4 is 23.2 Å². The van der Waals surface area contributed by atoms with Gasteiger partial charge >= 0.3 is 0 Å². The number of aliphatic hydroxyl groups excluding tert-OH is 1. The predicted molar refractivity (Wildman–Crippen MR) is 76.1 cm³/mol. The number of aliphatic hydroxyl groups is 1. The van der Waals surface area contributed by atoms with Crippen LogP contribution >= 0.6 is 23.2 Å². The maximum absolute atomic E-state index is 13.2. The van der Waals surface area contributed by atoms with Gasteiger partial charge in [0.2, 0.25) is 0 Å². The third-order valence-corrected chi connectivity index (χ3v) is 3.84. The van der Waals surface area contributed by atoms with Crippen LogP contribution in [-0.2, 0) is 6.42 Å². The number of rotatable bonds is 2. The van der Waals surface area contributed by atoms with Crippen molar-refractivity contribution in [3.05, 3.63) is 62.9 Å². The Balaban J connectivity index is 2.06. The minimum atomic E-state index is -0.960. The molecule has 0 spiro atoms. The summed E-state index contributed by atoms with van der Waals surface area (Å²) in [4.78, 5) is 0. The Morgan fingerprint density at radius 2 is 2.00 bits per heavy atom. The second kappa shape index (κ2) is 5.24. The molecule has 0 saturated heterocycles. The summed E-state index contributed by atoms with van der Waals surface area (Å²) in [5.74, 6) is 0.137. The molecule has 2 nitrogen and oxygen atoms in total. The molecule has 0 aromatic heterocycles. The van der Waals surface area contributed by atoms with E-state index in [4.69, 9.17) is 27.9 Å². The quantitative estimate of drug-likeness (QED) is 0.902. The fourth-order valence-corrected chi connectivity index (χ4v) is 2.80. The SMILES string of the molecule is OC(c1ccc(F)c(Cl)c1)c1cc(Cl)cc2c1OCC2. The van der Waals surface area contributed by atoms with Gasteiger partial charge in [0.15, 0.2) is 0 Å². The van der Waals surface area contributed by atoms with Crippen LogP contribution in [0, 0.1) is 5.82 Å². The monoisotopic (exact) mass is 312 g/mol. The van der Waals surface area contributed by atoms with E-state index in [9.17, 15) is 9.50 Å². The molecule has 1 aliphatic heterocycles. The molecule has 1 aliphatic rings. The fourth-order valence-electron chi connectivity index (χ4n) is 2.36. The molecule has 20 heavy (non-hydrogen) atoms. The summed E-state index contributed by atoms with van der Waals surface area (Å²) in [6, 6.07) is 7.62. The number of hydrogen-bond acceptors (Lipinski definition) is 2. The molecular formula is C15H11Cl2FO2. The highest BCUT2D eigenvalue weighted by Crippen LogP contribution is 2.39. The van der Waals surface area contributed by atoms with Gasteiger partial charge in [0.05, 0.1) is 11.6 Å². The van der Waals surface area contributed by atoms with E-state index in [1.807, 2.05) is 6.07 Å². The smallest absolute Gasteiger partial charge is 0.141 e. The summed E-state index contributed by atoms with van der Waals surface area (Å²) in [5.41, 5.74) is 2.05. The van der Waals surface area contributed by atoms with E-state index < -0.39 is 11.9 Å². The van der Waals surface area contributed by atoms with E-state index in [1.165, 1.54) is 18.2 Å². The number of fused-ring (bicyclic) bond motifs is 1. The van der Waals surface area contributed by atoms with Gasteiger partial charge in [-0.1, -0.05) is 29.3 Å². The average Bonchev–Trinajstić information content (AvgIpc) is 2.88. The lowest BCUT2D eigenvalue weighted by Gasteiger charge is -2.16. The average molecular weight is 313 g/mol. The van der Waals surface area contributed by atoms with E-state index in [-0.39, 0.29) is 5.02 Å². The molecular weight excluding hydrogens is 302 g/mol. The molecule has 2 aromatic rings. The summed E-state index contributed by atoms with van der Waals surface area (Å²) >= 11 is 11.8. The van der Waals surface area contributed by atoms with E-state index in [0.717, 1.165) is 12.0 Å². The first-order valence-electron chi connectivity index (χ1n) is 6.14. The van der Waals surface area contributed by atoms with Gasteiger partial charge in [0.1, 0.15) is 17.7 Å². The van der Waals surface area contributed by atoms with Crippen LogP contribution in [0.3, 0.4) is 0 Å². The standard InChI is InChI=1S/C15H11Cl2FO2/c16-10-5-9-3-4-20-15(9)11(7-10)14(19)8-1-2-13(18)12(17)6-8/h1-2,5-7,14,19H,3-4H2. The van der Waals surface area contributed by atoms with Crippen LogP contribution in [0.15, 0.2) is 30.3 Å². The highest BCUT2D eigenvalue weighted by atomic mass is 35.5. The second-order valence-electron chi connectivity index (χ2n) is 4.66. The summed E-state index contributed by atoms with van der Waals surface area (Å²) in [6.45, 7) is 0.569.